The molecule has 31 heavy (non-hydrogen) atoms. The van der Waals surface area contributed by atoms with Gasteiger partial charge >= 0.3 is 16.4 Å². The van der Waals surface area contributed by atoms with Gasteiger partial charge in [0.2, 0.25) is 0 Å². The molecule has 8 heteroatoms. The molecule has 0 aromatic carbocycles. The molecular formula is C23H44O7S. The Morgan fingerprint density at radius 1 is 0.903 bits per heavy atom. The average Bonchev–Trinajstić information content (AvgIpc) is 2.75. The van der Waals surface area contributed by atoms with Crippen LogP contribution in [0.1, 0.15) is 103 Å². The number of rotatable bonds is 22. The average molecular weight is 465 g/mol. The van der Waals surface area contributed by atoms with Gasteiger partial charge in [0, 0.05) is 12.8 Å². The summed E-state index contributed by atoms with van der Waals surface area (Å²) in [6.45, 7) is 1.85. The molecule has 0 aromatic rings. The quantitative estimate of drug-likeness (QED) is 0.133. The third-order valence-electron chi connectivity index (χ3n) is 4.97. The van der Waals surface area contributed by atoms with Gasteiger partial charge in [-0.25, -0.2) is 4.18 Å². The summed E-state index contributed by atoms with van der Waals surface area (Å²) in [5.74, 6) is -0.296. The Kier molecular flexibility index (Phi) is 20.3. The maximum Gasteiger partial charge on any atom is 0.399 e. The van der Waals surface area contributed by atoms with Gasteiger partial charge in [-0.2, -0.15) is 8.42 Å². The number of carbonyl (C=O) groups excluding carboxylic acids is 1. The first-order valence-electron chi connectivity index (χ1n) is 11.8. The molecule has 0 aromatic heterocycles. The third kappa shape index (κ3) is 22.0. The molecule has 0 radical (unpaired) electrons. The molecule has 1 N–H and O–H groups in total. The van der Waals surface area contributed by atoms with Crippen LogP contribution in [0.3, 0.4) is 0 Å². The van der Waals surface area contributed by atoms with Crippen molar-refractivity contribution in [3.63, 3.8) is 0 Å². The minimum Gasteiger partial charge on any atom is -0.466 e. The minimum absolute atomic E-state index is 0.0292. The fourth-order valence-electron chi connectivity index (χ4n) is 3.01. The maximum atomic E-state index is 11.7. The topological polar surface area (TPSA) is 99.1 Å². The van der Waals surface area contributed by atoms with Crippen LogP contribution in [0.2, 0.25) is 0 Å². The van der Waals surface area contributed by atoms with Crippen molar-refractivity contribution < 1.29 is 31.4 Å². The molecule has 184 valence electrons. The van der Waals surface area contributed by atoms with E-state index in [2.05, 4.69) is 27.4 Å². The summed E-state index contributed by atoms with van der Waals surface area (Å²) >= 11 is 0. The molecule has 0 aliphatic heterocycles. The lowest BCUT2D eigenvalue weighted by molar-refractivity contribution is -0.144. The first-order chi connectivity index (χ1) is 14.9. The summed E-state index contributed by atoms with van der Waals surface area (Å²) in [4.78, 5) is 11.7. The summed E-state index contributed by atoms with van der Waals surface area (Å²) in [5.41, 5.74) is 0. The van der Waals surface area contributed by atoms with Crippen LogP contribution in [0.25, 0.3) is 0 Å². The number of carbonyl (C=O) groups is 1. The minimum atomic E-state index is -4.06. The van der Waals surface area contributed by atoms with E-state index in [-0.39, 0.29) is 19.0 Å². The molecule has 0 spiro atoms. The van der Waals surface area contributed by atoms with Gasteiger partial charge in [0.1, 0.15) is 0 Å². The lowest BCUT2D eigenvalue weighted by atomic mass is 10.1. The monoisotopic (exact) mass is 464 g/mol. The Balaban J connectivity index is 3.42. The highest BCUT2D eigenvalue weighted by Gasteiger charge is 2.14. The van der Waals surface area contributed by atoms with E-state index in [0.717, 1.165) is 32.8 Å². The van der Waals surface area contributed by atoms with Gasteiger partial charge in [-0.3, -0.25) is 8.98 Å². The Morgan fingerprint density at radius 3 is 2.03 bits per heavy atom. The number of aliphatic hydroxyl groups excluding tert-OH is 1. The van der Waals surface area contributed by atoms with Gasteiger partial charge in [-0.1, -0.05) is 70.4 Å². The first-order valence-corrected chi connectivity index (χ1v) is 13.2. The highest BCUT2D eigenvalue weighted by Crippen LogP contribution is 2.10. The van der Waals surface area contributed by atoms with E-state index < -0.39 is 23.1 Å². The predicted octanol–water partition coefficient (Wildman–Crippen LogP) is 5.23. The number of allylic oxidation sites excluding steroid dienone is 2. The van der Waals surface area contributed by atoms with Crippen molar-refractivity contribution in [1.82, 2.24) is 0 Å². The van der Waals surface area contributed by atoms with Crippen LogP contribution in [0.4, 0.5) is 0 Å². The zero-order valence-electron chi connectivity index (χ0n) is 19.6. The van der Waals surface area contributed by atoms with Gasteiger partial charge in [0.15, 0.2) is 0 Å². The molecular weight excluding hydrogens is 420 g/mol. The zero-order chi connectivity index (χ0) is 23.2. The molecule has 0 aliphatic rings. The van der Waals surface area contributed by atoms with Crippen molar-refractivity contribution >= 4 is 16.4 Å². The largest absolute Gasteiger partial charge is 0.466 e. The van der Waals surface area contributed by atoms with E-state index >= 15 is 0 Å². The van der Waals surface area contributed by atoms with Crippen molar-refractivity contribution in [3.05, 3.63) is 12.2 Å². The van der Waals surface area contributed by atoms with Crippen LogP contribution >= 0.6 is 0 Å². The number of hydrogen-bond donors (Lipinski definition) is 1. The Hall–Kier alpha value is -0.960. The number of esters is 1. The highest BCUT2D eigenvalue weighted by atomic mass is 32.3. The summed E-state index contributed by atoms with van der Waals surface area (Å²) in [7, 11) is -3.09. The second-order valence-corrected chi connectivity index (χ2v) is 9.24. The van der Waals surface area contributed by atoms with Crippen molar-refractivity contribution in [3.8, 4) is 0 Å². The molecule has 0 saturated heterocycles. The van der Waals surface area contributed by atoms with Crippen LogP contribution in [-0.4, -0.2) is 45.9 Å². The Bertz CT molecular complexity index is 546. The number of unbranched alkanes of at least 4 members (excludes halogenated alkanes) is 11. The van der Waals surface area contributed by atoms with Crippen molar-refractivity contribution in [2.45, 2.75) is 109 Å². The first kappa shape index (κ1) is 30.0. The van der Waals surface area contributed by atoms with Gasteiger partial charge in [0.05, 0.1) is 26.4 Å². The Morgan fingerprint density at radius 2 is 1.45 bits per heavy atom. The van der Waals surface area contributed by atoms with Crippen molar-refractivity contribution in [1.29, 1.82) is 0 Å². The lowest BCUT2D eigenvalue weighted by Gasteiger charge is -2.10. The smallest absolute Gasteiger partial charge is 0.399 e. The summed E-state index contributed by atoms with van der Waals surface area (Å²) < 4.78 is 35.5. The normalized spacial score (nSPS) is 13.0. The van der Waals surface area contributed by atoms with Crippen molar-refractivity contribution in [2.75, 3.05) is 20.3 Å². The van der Waals surface area contributed by atoms with E-state index in [4.69, 9.17) is 4.74 Å². The van der Waals surface area contributed by atoms with Gasteiger partial charge in [-0.15, -0.1) is 0 Å². The summed E-state index contributed by atoms with van der Waals surface area (Å²) in [5, 5.41) is 9.60. The molecule has 0 saturated carbocycles. The number of aliphatic hydroxyl groups is 1. The van der Waals surface area contributed by atoms with Crippen LogP contribution in [0, 0.1) is 0 Å². The van der Waals surface area contributed by atoms with E-state index in [0.29, 0.717) is 6.42 Å². The molecule has 0 heterocycles. The van der Waals surface area contributed by atoms with Gasteiger partial charge in [0.25, 0.3) is 0 Å². The van der Waals surface area contributed by atoms with Crippen LogP contribution < -0.4 is 0 Å². The standard InChI is InChI=1S/C23H44O7S/c1-3-4-5-6-7-8-9-10-11-12-13-14-15-16-17-18-23(25)29-20-19-22(24)21-30-31(26,27)28-2/h10-11,22,24H,3-9,12-21H2,1-2H3/b11-10-. The number of ether oxygens (including phenoxy) is 1. The molecule has 0 fully saturated rings. The lowest BCUT2D eigenvalue weighted by Crippen LogP contribution is -2.21. The molecule has 0 rings (SSSR count). The van der Waals surface area contributed by atoms with E-state index in [9.17, 15) is 18.3 Å². The molecule has 0 aliphatic carbocycles. The second kappa shape index (κ2) is 20.9. The van der Waals surface area contributed by atoms with E-state index in [1.54, 1.807) is 0 Å². The van der Waals surface area contributed by atoms with Crippen LogP contribution in [0.5, 0.6) is 0 Å². The number of hydrogen-bond acceptors (Lipinski definition) is 7. The Labute approximate surface area is 189 Å². The molecule has 0 amide bonds. The van der Waals surface area contributed by atoms with Gasteiger partial charge < -0.3 is 9.84 Å². The van der Waals surface area contributed by atoms with E-state index in [1.807, 2.05) is 0 Å². The summed E-state index contributed by atoms with van der Waals surface area (Å²) in [6, 6.07) is 0. The highest BCUT2D eigenvalue weighted by molar-refractivity contribution is 7.81. The van der Waals surface area contributed by atoms with E-state index in [1.165, 1.54) is 57.8 Å². The second-order valence-electron chi connectivity index (χ2n) is 7.86. The maximum absolute atomic E-state index is 11.7. The molecule has 1 unspecified atom stereocenters. The van der Waals surface area contributed by atoms with Crippen LogP contribution in [0.15, 0.2) is 12.2 Å². The molecule has 7 nitrogen and oxygen atoms in total. The fourth-order valence-corrected chi connectivity index (χ4v) is 3.43. The van der Waals surface area contributed by atoms with Crippen molar-refractivity contribution in [2.24, 2.45) is 0 Å². The molecule has 1 atom stereocenters. The zero-order valence-corrected chi connectivity index (χ0v) is 20.4. The van der Waals surface area contributed by atoms with Crippen LogP contribution in [-0.2, 0) is 28.3 Å². The molecule has 0 bridgehead atoms. The summed E-state index contributed by atoms with van der Waals surface area (Å²) in [6.07, 6.45) is 19.7. The SMILES string of the molecule is CCCCCCCC/C=C\CCCCCCCC(=O)OCCC(O)COS(=O)(=O)OC. The predicted molar refractivity (Wildman–Crippen MR) is 123 cm³/mol. The third-order valence-corrected chi connectivity index (χ3v) is 5.80. The van der Waals surface area contributed by atoms with Gasteiger partial charge in [-0.05, 0) is 32.1 Å². The fraction of sp³-hybridized carbons (Fsp3) is 0.870.